The second-order valence-electron chi connectivity index (χ2n) is 14.0. The van der Waals surface area contributed by atoms with Gasteiger partial charge >= 0.3 is 18.5 Å². The Bertz CT molecular complexity index is 1840. The van der Waals surface area contributed by atoms with Crippen LogP contribution in [-0.4, -0.2) is 59.0 Å². The molecule has 1 aliphatic heterocycles. The summed E-state index contributed by atoms with van der Waals surface area (Å²) in [6.45, 7) is 1.11. The average molecular weight is 804 g/mol. The Morgan fingerprint density at radius 1 is 0.868 bits per heavy atom. The van der Waals surface area contributed by atoms with Gasteiger partial charge in [-0.15, -0.1) is 0 Å². The van der Waals surface area contributed by atoms with Gasteiger partial charge in [0.25, 0.3) is 5.91 Å². The van der Waals surface area contributed by atoms with Gasteiger partial charge in [-0.05, 0) is 76.1 Å². The van der Waals surface area contributed by atoms with Crippen LogP contribution in [0.25, 0.3) is 11.0 Å². The van der Waals surface area contributed by atoms with Crippen molar-refractivity contribution in [3.8, 4) is 0 Å². The average Bonchev–Trinajstić information content (AvgIpc) is 3.38. The number of nitrogens with one attached hydrogen (secondary N) is 3. The van der Waals surface area contributed by atoms with Crippen molar-refractivity contribution in [3.63, 3.8) is 0 Å². The van der Waals surface area contributed by atoms with E-state index in [4.69, 9.17) is 23.2 Å². The van der Waals surface area contributed by atoms with E-state index in [1.165, 1.54) is 18.2 Å². The Balaban J connectivity index is 1.44. The fourth-order valence-electron chi connectivity index (χ4n) is 6.54. The molecule has 2 fully saturated rings. The van der Waals surface area contributed by atoms with Gasteiger partial charge in [-0.25, -0.2) is 4.98 Å². The number of hydrogen-bond donors (Lipinski definition) is 3. The number of imidazole rings is 1. The number of halogens is 11. The van der Waals surface area contributed by atoms with Crippen molar-refractivity contribution in [2.75, 3.05) is 23.3 Å². The third kappa shape index (κ3) is 8.71. The van der Waals surface area contributed by atoms with E-state index in [1.54, 1.807) is 22.6 Å². The van der Waals surface area contributed by atoms with Crippen LogP contribution in [0.3, 0.4) is 0 Å². The van der Waals surface area contributed by atoms with E-state index in [-0.39, 0.29) is 96.5 Å². The summed E-state index contributed by atoms with van der Waals surface area (Å²) in [5.74, 6) is -4.70. The zero-order chi connectivity index (χ0) is 39.3. The van der Waals surface area contributed by atoms with Gasteiger partial charge in [-0.1, -0.05) is 29.3 Å². The molecule has 1 saturated heterocycles. The van der Waals surface area contributed by atoms with Crippen LogP contribution in [0, 0.1) is 17.3 Å². The van der Waals surface area contributed by atoms with E-state index >= 15 is 0 Å². The summed E-state index contributed by atoms with van der Waals surface area (Å²) >= 11 is 13.0. The molecule has 0 atom stereocenters. The van der Waals surface area contributed by atoms with E-state index in [2.05, 4.69) is 20.9 Å². The molecular weight excluding hydrogens is 766 g/mol. The van der Waals surface area contributed by atoms with Gasteiger partial charge in [0.15, 0.2) is 0 Å². The summed E-state index contributed by atoms with van der Waals surface area (Å²) in [5.41, 5.74) is -1.19. The number of aromatic nitrogens is 2. The lowest BCUT2D eigenvalue weighted by molar-refractivity contribution is -0.211. The standard InChI is InChI=1S/C34H37Cl2F9N6O2/c1-31(2,34(43,44)45)29(53)46-16-17-4-9-22(35)27(26(17)36)49-30-48-23-14-21(28(52)47-20-7-5-18(6-8-20)32(37,38)39)24(15-25(23)50(30)3)51-12-10-19(11-13-51)33(40,41)42/h4,9,14-15,18-20H,5-8,10-13,16H2,1-3H3,(H,46,53)(H,47,52)(H,48,49)/t18-,20+. The highest BCUT2D eigenvalue weighted by Gasteiger charge is 2.53. The maximum atomic E-state index is 13.7. The number of aryl methyl sites for hydroxylation is 1. The lowest BCUT2D eigenvalue weighted by Crippen LogP contribution is -2.46. The number of carbonyl (C=O) groups excluding carboxylic acids is 2. The van der Waals surface area contributed by atoms with Crippen LogP contribution in [-0.2, 0) is 18.4 Å². The smallest absolute Gasteiger partial charge is 0.371 e. The molecule has 0 spiro atoms. The Hall–Kier alpha value is -3.60. The minimum atomic E-state index is -4.80. The molecule has 53 heavy (non-hydrogen) atoms. The fraction of sp³-hybridized carbons (Fsp3) is 0.559. The first-order valence-corrected chi connectivity index (χ1v) is 17.5. The highest BCUT2D eigenvalue weighted by Crippen LogP contribution is 2.41. The number of benzene rings is 2. The molecule has 3 aromatic rings. The molecule has 2 aromatic carbocycles. The third-order valence-electron chi connectivity index (χ3n) is 10.2. The fourth-order valence-corrected chi connectivity index (χ4v) is 7.07. The summed E-state index contributed by atoms with van der Waals surface area (Å²) in [6.07, 6.45) is -14.0. The monoisotopic (exact) mass is 802 g/mol. The number of carbonyl (C=O) groups is 2. The summed E-state index contributed by atoms with van der Waals surface area (Å²) in [5, 5.41) is 8.13. The summed E-state index contributed by atoms with van der Waals surface area (Å²) in [7, 11) is 1.61. The van der Waals surface area contributed by atoms with Gasteiger partial charge in [-0.2, -0.15) is 39.5 Å². The van der Waals surface area contributed by atoms with Crippen molar-refractivity contribution >= 4 is 63.4 Å². The Morgan fingerprint density at radius 3 is 2.02 bits per heavy atom. The number of amides is 2. The number of nitrogens with zero attached hydrogens (tertiary/aromatic N) is 3. The van der Waals surface area contributed by atoms with E-state index in [0.29, 0.717) is 11.2 Å². The minimum Gasteiger partial charge on any atom is -0.371 e. The zero-order valence-electron chi connectivity index (χ0n) is 28.7. The Morgan fingerprint density at radius 2 is 1.45 bits per heavy atom. The second-order valence-corrected chi connectivity index (χ2v) is 14.8. The third-order valence-corrected chi connectivity index (χ3v) is 10.9. The number of rotatable bonds is 8. The van der Waals surface area contributed by atoms with Crippen LogP contribution in [0.2, 0.25) is 10.0 Å². The molecular formula is C34H37Cl2F9N6O2. The number of piperidine rings is 1. The van der Waals surface area contributed by atoms with E-state index in [0.717, 1.165) is 13.8 Å². The first-order valence-electron chi connectivity index (χ1n) is 16.8. The molecule has 2 heterocycles. The molecule has 1 aliphatic carbocycles. The number of hydrogen-bond acceptors (Lipinski definition) is 5. The molecule has 2 amide bonds. The highest BCUT2D eigenvalue weighted by molar-refractivity contribution is 6.39. The Labute approximate surface area is 308 Å². The summed E-state index contributed by atoms with van der Waals surface area (Å²) in [4.78, 5) is 32.4. The van der Waals surface area contributed by atoms with Gasteiger partial charge in [0.05, 0.1) is 49.9 Å². The molecule has 2 aliphatic rings. The van der Waals surface area contributed by atoms with Crippen LogP contribution >= 0.6 is 23.2 Å². The number of fused-ring (bicyclic) bond motifs is 1. The highest BCUT2D eigenvalue weighted by atomic mass is 35.5. The van der Waals surface area contributed by atoms with Gasteiger partial charge in [-0.3, -0.25) is 9.59 Å². The largest absolute Gasteiger partial charge is 0.402 e. The molecule has 19 heteroatoms. The lowest BCUT2D eigenvalue weighted by Gasteiger charge is -2.35. The number of anilines is 3. The van der Waals surface area contributed by atoms with Crippen molar-refractivity contribution in [3.05, 3.63) is 45.4 Å². The first-order chi connectivity index (χ1) is 24.5. The molecule has 1 aromatic heterocycles. The molecule has 0 radical (unpaired) electrons. The van der Waals surface area contributed by atoms with E-state index < -0.39 is 53.6 Å². The topological polar surface area (TPSA) is 91.3 Å². The van der Waals surface area contributed by atoms with Gasteiger partial charge in [0.1, 0.15) is 5.41 Å². The molecule has 0 bridgehead atoms. The van der Waals surface area contributed by atoms with Crippen LogP contribution in [0.5, 0.6) is 0 Å². The molecule has 5 rings (SSSR count). The maximum absolute atomic E-state index is 13.7. The predicted octanol–water partition coefficient (Wildman–Crippen LogP) is 9.46. The quantitative estimate of drug-likeness (QED) is 0.198. The molecule has 1 saturated carbocycles. The molecule has 3 N–H and O–H groups in total. The first kappa shape index (κ1) is 40.6. The van der Waals surface area contributed by atoms with Crippen LogP contribution < -0.4 is 20.9 Å². The summed E-state index contributed by atoms with van der Waals surface area (Å²) < 4.78 is 122. The van der Waals surface area contributed by atoms with E-state index in [9.17, 15) is 49.1 Å². The Kier molecular flexibility index (Phi) is 11.4. The van der Waals surface area contributed by atoms with Crippen LogP contribution in [0.1, 0.15) is 68.3 Å². The lowest BCUT2D eigenvalue weighted by atomic mass is 9.85. The van der Waals surface area contributed by atoms with Crippen molar-refractivity contribution in [2.45, 2.75) is 83.5 Å². The van der Waals surface area contributed by atoms with Gasteiger partial charge in [0, 0.05) is 32.7 Å². The van der Waals surface area contributed by atoms with Gasteiger partial charge < -0.3 is 25.4 Å². The second kappa shape index (κ2) is 14.9. The van der Waals surface area contributed by atoms with Crippen molar-refractivity contribution in [1.29, 1.82) is 0 Å². The SMILES string of the molecule is Cn1c(Nc2c(Cl)ccc(CNC(=O)C(C)(C)C(F)(F)F)c2Cl)nc2cc(C(=O)N[C@H]3CC[C@@H](C(F)(F)F)CC3)c(N3CCC(C(F)(F)F)CC3)cc21. The van der Waals surface area contributed by atoms with Crippen molar-refractivity contribution in [2.24, 2.45) is 24.3 Å². The van der Waals surface area contributed by atoms with E-state index in [1.807, 2.05) is 0 Å². The van der Waals surface area contributed by atoms with Crippen LogP contribution in [0.15, 0.2) is 24.3 Å². The van der Waals surface area contributed by atoms with Crippen molar-refractivity contribution < 1.29 is 49.1 Å². The molecule has 292 valence electrons. The van der Waals surface area contributed by atoms with Crippen molar-refractivity contribution in [1.82, 2.24) is 20.2 Å². The molecule has 0 unspecified atom stereocenters. The van der Waals surface area contributed by atoms with Gasteiger partial charge in [0.2, 0.25) is 11.9 Å². The normalized spacial score (nSPS) is 19.4. The summed E-state index contributed by atoms with van der Waals surface area (Å²) in [6, 6.07) is 5.37. The number of alkyl halides is 9. The molecule has 8 nitrogen and oxygen atoms in total. The minimum absolute atomic E-state index is 0.00961. The maximum Gasteiger partial charge on any atom is 0.402 e. The van der Waals surface area contributed by atoms with Crippen LogP contribution in [0.4, 0.5) is 56.8 Å². The zero-order valence-corrected chi connectivity index (χ0v) is 30.2. The predicted molar refractivity (Wildman–Crippen MR) is 182 cm³/mol.